The molecule has 1 aromatic heterocycles. The molecule has 0 aliphatic heterocycles. The zero-order chi connectivity index (χ0) is 13.3. The number of hydrogen-bond acceptors (Lipinski definition) is 2. The van der Waals surface area contributed by atoms with Crippen LogP contribution in [0.3, 0.4) is 0 Å². The summed E-state index contributed by atoms with van der Waals surface area (Å²) in [6, 6.07) is 5.41. The van der Waals surface area contributed by atoms with E-state index in [2.05, 4.69) is 0 Å². The maximum Gasteiger partial charge on any atom is 0.328 e. The number of nitrogens with zero attached hydrogens (tertiary/aromatic N) is 1. The number of carbonyl (C=O) groups is 2. The summed E-state index contributed by atoms with van der Waals surface area (Å²) in [5, 5.41) is 9.56. The van der Waals surface area contributed by atoms with Gasteiger partial charge in [0.05, 0.1) is 0 Å². The first-order valence-corrected chi connectivity index (χ1v) is 5.50. The lowest BCUT2D eigenvalue weighted by molar-refractivity contribution is -0.131. The number of rotatable bonds is 3. The molecule has 1 N–H and O–H groups in total. The van der Waals surface area contributed by atoms with Gasteiger partial charge in [-0.05, 0) is 19.1 Å². The minimum Gasteiger partial charge on any atom is -0.478 e. The lowest BCUT2D eigenvalue weighted by Gasteiger charge is -1.99. The van der Waals surface area contributed by atoms with Crippen molar-refractivity contribution in [2.24, 2.45) is 7.05 Å². The summed E-state index contributed by atoms with van der Waals surface area (Å²) >= 11 is 0. The van der Waals surface area contributed by atoms with Gasteiger partial charge < -0.3 is 9.67 Å². The van der Waals surface area contributed by atoms with Crippen LogP contribution >= 0.6 is 0 Å². The molecule has 0 aliphatic rings. The molecule has 4 nitrogen and oxygen atoms in total. The molecule has 0 fully saturated rings. The van der Waals surface area contributed by atoms with Crippen molar-refractivity contribution in [3.63, 3.8) is 0 Å². The van der Waals surface area contributed by atoms with E-state index in [1.807, 2.05) is 29.9 Å². The fourth-order valence-electron chi connectivity index (χ4n) is 1.93. The van der Waals surface area contributed by atoms with E-state index in [0.29, 0.717) is 5.56 Å². The molecule has 0 saturated carbocycles. The number of benzene rings is 1. The van der Waals surface area contributed by atoms with Crippen LogP contribution in [0.4, 0.5) is 0 Å². The Kier molecular flexibility index (Phi) is 3.02. The van der Waals surface area contributed by atoms with Gasteiger partial charge in [0.25, 0.3) is 0 Å². The molecule has 0 spiro atoms. The Morgan fingerprint density at radius 3 is 2.67 bits per heavy atom. The highest BCUT2D eigenvalue weighted by atomic mass is 16.4. The van der Waals surface area contributed by atoms with Gasteiger partial charge in [0.15, 0.2) is 5.78 Å². The Bertz CT molecular complexity index is 665. The molecular weight excluding hydrogens is 230 g/mol. The van der Waals surface area contributed by atoms with E-state index < -0.39 is 5.97 Å². The fraction of sp³-hybridized carbons (Fsp3) is 0.143. The quantitative estimate of drug-likeness (QED) is 0.665. The normalized spacial score (nSPS) is 11.2. The first kappa shape index (κ1) is 12.1. The summed E-state index contributed by atoms with van der Waals surface area (Å²) in [6.45, 7) is 1.52. The van der Waals surface area contributed by atoms with Crippen molar-refractivity contribution in [2.75, 3.05) is 0 Å². The number of aliphatic carboxylic acids is 1. The summed E-state index contributed by atoms with van der Waals surface area (Å²) in [6.07, 6.45) is 4.50. The predicted molar refractivity (Wildman–Crippen MR) is 69.6 cm³/mol. The van der Waals surface area contributed by atoms with Crippen molar-refractivity contribution in [1.82, 2.24) is 4.57 Å². The van der Waals surface area contributed by atoms with Gasteiger partial charge in [0, 0.05) is 41.4 Å². The zero-order valence-corrected chi connectivity index (χ0v) is 10.2. The Labute approximate surface area is 104 Å². The highest BCUT2D eigenvalue weighted by Gasteiger charge is 2.07. The van der Waals surface area contributed by atoms with E-state index in [0.717, 1.165) is 22.5 Å². The molecule has 0 aliphatic carbocycles. The number of carboxylic acids is 1. The first-order chi connectivity index (χ1) is 8.49. The molecule has 0 saturated heterocycles. The molecule has 0 atom stereocenters. The molecule has 2 rings (SSSR count). The summed E-state index contributed by atoms with van der Waals surface area (Å²) in [5.41, 5.74) is 2.38. The average molecular weight is 243 g/mol. The molecular formula is C14H13NO3. The van der Waals surface area contributed by atoms with Crippen molar-refractivity contribution in [1.29, 1.82) is 0 Å². The molecule has 1 aromatic carbocycles. The van der Waals surface area contributed by atoms with Crippen LogP contribution in [-0.4, -0.2) is 21.4 Å². The van der Waals surface area contributed by atoms with Crippen LogP contribution in [0.25, 0.3) is 17.0 Å². The third kappa shape index (κ3) is 2.18. The molecule has 92 valence electrons. The van der Waals surface area contributed by atoms with E-state index in [1.165, 1.54) is 6.92 Å². The van der Waals surface area contributed by atoms with Crippen molar-refractivity contribution >= 4 is 28.7 Å². The van der Waals surface area contributed by atoms with Gasteiger partial charge in [-0.1, -0.05) is 12.1 Å². The van der Waals surface area contributed by atoms with Gasteiger partial charge in [-0.2, -0.15) is 0 Å². The van der Waals surface area contributed by atoms with Crippen molar-refractivity contribution < 1.29 is 14.7 Å². The SMILES string of the molecule is CC(=O)c1ccc2c(/C=C\C(=O)O)cn(C)c2c1. The molecule has 0 bridgehead atoms. The molecule has 2 aromatic rings. The minimum atomic E-state index is -0.979. The van der Waals surface area contributed by atoms with Crippen LogP contribution in [0.1, 0.15) is 22.8 Å². The number of aryl methyl sites for hydroxylation is 1. The molecule has 1 heterocycles. The lowest BCUT2D eigenvalue weighted by atomic mass is 10.1. The second kappa shape index (κ2) is 4.49. The number of aromatic nitrogens is 1. The van der Waals surface area contributed by atoms with Crippen LogP contribution in [0.15, 0.2) is 30.5 Å². The molecule has 0 amide bonds. The summed E-state index contributed by atoms with van der Waals surface area (Å²) in [5.74, 6) is -0.965. The molecule has 0 unspecified atom stereocenters. The summed E-state index contributed by atoms with van der Waals surface area (Å²) < 4.78 is 1.88. The Balaban J connectivity index is 2.59. The Hall–Kier alpha value is -2.36. The number of fused-ring (bicyclic) bond motifs is 1. The van der Waals surface area contributed by atoms with Gasteiger partial charge in [-0.25, -0.2) is 4.79 Å². The van der Waals surface area contributed by atoms with E-state index in [1.54, 1.807) is 12.1 Å². The smallest absolute Gasteiger partial charge is 0.328 e. The zero-order valence-electron chi connectivity index (χ0n) is 10.2. The lowest BCUT2D eigenvalue weighted by Crippen LogP contribution is -1.92. The van der Waals surface area contributed by atoms with Gasteiger partial charge in [-0.3, -0.25) is 4.79 Å². The second-order valence-electron chi connectivity index (χ2n) is 4.16. The summed E-state index contributed by atoms with van der Waals surface area (Å²) in [4.78, 5) is 21.8. The number of carboxylic acid groups (broad SMARTS) is 1. The number of Topliss-reactive ketones (excluding diaryl/α,β-unsaturated/α-hetero) is 1. The van der Waals surface area contributed by atoms with E-state index in [-0.39, 0.29) is 5.78 Å². The van der Waals surface area contributed by atoms with Gasteiger partial charge in [0.2, 0.25) is 0 Å². The maximum absolute atomic E-state index is 11.3. The van der Waals surface area contributed by atoms with E-state index in [9.17, 15) is 9.59 Å². The second-order valence-corrected chi connectivity index (χ2v) is 4.16. The third-order valence-corrected chi connectivity index (χ3v) is 2.83. The van der Waals surface area contributed by atoms with Crippen molar-refractivity contribution in [3.8, 4) is 0 Å². The number of carbonyl (C=O) groups excluding carboxylic acids is 1. The third-order valence-electron chi connectivity index (χ3n) is 2.83. The first-order valence-electron chi connectivity index (χ1n) is 5.50. The maximum atomic E-state index is 11.3. The molecule has 18 heavy (non-hydrogen) atoms. The monoisotopic (exact) mass is 243 g/mol. The molecule has 4 heteroatoms. The Morgan fingerprint density at radius 2 is 2.06 bits per heavy atom. The van der Waals surface area contributed by atoms with Gasteiger partial charge in [0.1, 0.15) is 0 Å². The number of ketones is 1. The topological polar surface area (TPSA) is 59.3 Å². The summed E-state index contributed by atoms with van der Waals surface area (Å²) in [7, 11) is 1.87. The average Bonchev–Trinajstić information content (AvgIpc) is 2.63. The van der Waals surface area contributed by atoms with Crippen LogP contribution < -0.4 is 0 Å². The Morgan fingerprint density at radius 1 is 1.33 bits per heavy atom. The van der Waals surface area contributed by atoms with Crippen molar-refractivity contribution in [3.05, 3.63) is 41.6 Å². The van der Waals surface area contributed by atoms with Gasteiger partial charge >= 0.3 is 5.97 Å². The van der Waals surface area contributed by atoms with Crippen LogP contribution in [0.2, 0.25) is 0 Å². The van der Waals surface area contributed by atoms with Crippen LogP contribution in [0, 0.1) is 0 Å². The van der Waals surface area contributed by atoms with Gasteiger partial charge in [-0.15, -0.1) is 0 Å². The highest BCUT2D eigenvalue weighted by Crippen LogP contribution is 2.23. The highest BCUT2D eigenvalue weighted by molar-refractivity contribution is 6.00. The van der Waals surface area contributed by atoms with Crippen molar-refractivity contribution in [2.45, 2.75) is 6.92 Å². The molecule has 0 radical (unpaired) electrons. The predicted octanol–water partition coefficient (Wildman–Crippen LogP) is 2.48. The van der Waals surface area contributed by atoms with E-state index in [4.69, 9.17) is 5.11 Å². The van der Waals surface area contributed by atoms with Crippen LogP contribution in [-0.2, 0) is 11.8 Å². The fourth-order valence-corrected chi connectivity index (χ4v) is 1.93. The largest absolute Gasteiger partial charge is 0.478 e. The standard InChI is InChI=1S/C14H13NO3/c1-9(16)10-3-5-12-11(4-6-14(17)18)8-15(2)13(12)7-10/h3-8H,1-2H3,(H,17,18)/b6-4-. The minimum absolute atomic E-state index is 0.0146. The van der Waals surface area contributed by atoms with E-state index >= 15 is 0 Å². The van der Waals surface area contributed by atoms with Crippen LogP contribution in [0.5, 0.6) is 0 Å². The number of hydrogen-bond donors (Lipinski definition) is 1.